The van der Waals surface area contributed by atoms with Gasteiger partial charge >= 0.3 is 0 Å². The van der Waals surface area contributed by atoms with Crippen molar-refractivity contribution in [1.29, 1.82) is 0 Å². The average molecular weight is 514 g/mol. The molecule has 1 heterocycles. The molecule has 0 aliphatic heterocycles. The minimum atomic E-state index is -4.08. The Kier molecular flexibility index (Phi) is 5.67. The first-order chi connectivity index (χ1) is 15.8. The molecule has 0 bridgehead atoms. The predicted octanol–water partition coefficient (Wildman–Crippen LogP) is 7.57. The summed E-state index contributed by atoms with van der Waals surface area (Å²) in [5, 5.41) is 7.49. The van der Waals surface area contributed by atoms with E-state index in [-0.39, 0.29) is 15.6 Å². The smallest absolute Gasteiger partial charge is 0.199 e. The fourth-order valence-electron chi connectivity index (χ4n) is 3.62. The summed E-state index contributed by atoms with van der Waals surface area (Å²) in [4.78, 5) is 0.109. The van der Waals surface area contributed by atoms with Gasteiger partial charge < -0.3 is 0 Å². The number of hydrogen-bond acceptors (Lipinski definition) is 3. The molecule has 33 heavy (non-hydrogen) atoms. The molecule has 0 amide bonds. The van der Waals surface area contributed by atoms with E-state index in [2.05, 4.69) is 5.10 Å². The number of benzene rings is 4. The van der Waals surface area contributed by atoms with E-state index >= 15 is 0 Å². The van der Waals surface area contributed by atoms with Gasteiger partial charge in [-0.05, 0) is 47.2 Å². The molecule has 0 fully saturated rings. The Labute approximate surface area is 206 Å². The molecule has 0 N–H and O–H groups in total. The summed E-state index contributed by atoms with van der Waals surface area (Å²) in [6.45, 7) is 0. The predicted molar refractivity (Wildman–Crippen MR) is 135 cm³/mol. The number of hydrogen-bond donors (Lipinski definition) is 0. The van der Waals surface area contributed by atoms with Gasteiger partial charge in [0.25, 0.3) is 10.0 Å². The molecular weight excluding hydrogens is 499 g/mol. The summed E-state index contributed by atoms with van der Waals surface area (Å²) in [5.74, 6) is 0. The number of halogens is 3. The fraction of sp³-hybridized carbons (Fsp3) is 0. The van der Waals surface area contributed by atoms with E-state index in [9.17, 15) is 8.42 Å². The lowest BCUT2D eigenvalue weighted by Crippen LogP contribution is -2.16. The van der Waals surface area contributed by atoms with Crippen LogP contribution in [0.3, 0.4) is 0 Å². The van der Waals surface area contributed by atoms with E-state index in [1.54, 1.807) is 66.7 Å². The molecule has 0 aliphatic carbocycles. The van der Waals surface area contributed by atoms with Crippen LogP contribution in [-0.4, -0.2) is 17.6 Å². The van der Waals surface area contributed by atoms with Gasteiger partial charge in [-0.15, -0.1) is 0 Å². The third-order valence-electron chi connectivity index (χ3n) is 5.28. The summed E-state index contributed by atoms with van der Waals surface area (Å²) < 4.78 is 28.6. The Morgan fingerprint density at radius 2 is 1.24 bits per heavy atom. The summed E-state index contributed by atoms with van der Waals surface area (Å²) >= 11 is 18.8. The highest BCUT2D eigenvalue weighted by Gasteiger charge is 2.28. The Balaban J connectivity index is 1.76. The van der Waals surface area contributed by atoms with Crippen LogP contribution in [0.5, 0.6) is 0 Å². The van der Waals surface area contributed by atoms with E-state index in [0.29, 0.717) is 26.9 Å². The van der Waals surface area contributed by atoms with Crippen molar-refractivity contribution in [3.05, 3.63) is 106 Å². The first-order valence-corrected chi connectivity index (χ1v) is 12.5. The second kappa shape index (κ2) is 8.50. The molecule has 164 valence electrons. The lowest BCUT2D eigenvalue weighted by Gasteiger charge is -2.10. The molecule has 5 rings (SSSR count). The van der Waals surface area contributed by atoms with Crippen LogP contribution in [0, 0.1) is 0 Å². The third-order valence-corrected chi connectivity index (χ3v) is 7.71. The summed E-state index contributed by atoms with van der Waals surface area (Å²) in [6.07, 6.45) is 0. The minimum Gasteiger partial charge on any atom is -0.199 e. The van der Waals surface area contributed by atoms with Crippen LogP contribution in [-0.2, 0) is 10.0 Å². The van der Waals surface area contributed by atoms with Crippen molar-refractivity contribution >= 4 is 55.6 Å². The van der Waals surface area contributed by atoms with Crippen LogP contribution < -0.4 is 0 Å². The van der Waals surface area contributed by atoms with E-state index in [1.807, 2.05) is 24.3 Å². The maximum atomic E-state index is 13.8. The molecule has 0 atom stereocenters. The topological polar surface area (TPSA) is 52.0 Å². The molecule has 0 saturated carbocycles. The minimum absolute atomic E-state index is 0.109. The van der Waals surface area contributed by atoms with E-state index in [4.69, 9.17) is 34.8 Å². The van der Waals surface area contributed by atoms with Crippen molar-refractivity contribution in [2.45, 2.75) is 4.90 Å². The highest BCUT2D eigenvalue weighted by atomic mass is 35.5. The highest BCUT2D eigenvalue weighted by molar-refractivity contribution is 7.90. The van der Waals surface area contributed by atoms with Crippen molar-refractivity contribution in [3.8, 4) is 22.5 Å². The number of fused-ring (bicyclic) bond motifs is 1. The van der Waals surface area contributed by atoms with Gasteiger partial charge in [-0.25, -0.2) is 0 Å². The van der Waals surface area contributed by atoms with Crippen LogP contribution in [0.25, 0.3) is 33.3 Å². The Morgan fingerprint density at radius 3 is 1.88 bits per heavy atom. The zero-order valence-electron chi connectivity index (χ0n) is 16.9. The first-order valence-electron chi connectivity index (χ1n) is 9.89. The average Bonchev–Trinajstić information content (AvgIpc) is 3.17. The van der Waals surface area contributed by atoms with Gasteiger partial charge in [0.15, 0.2) is 0 Å². The van der Waals surface area contributed by atoms with Gasteiger partial charge in [0.05, 0.1) is 9.92 Å². The normalized spacial score (nSPS) is 11.7. The molecule has 4 nitrogen and oxygen atoms in total. The van der Waals surface area contributed by atoms with Crippen LogP contribution in [0.15, 0.2) is 95.9 Å². The molecule has 5 aromatic rings. The van der Waals surface area contributed by atoms with E-state index in [0.717, 1.165) is 14.9 Å². The SMILES string of the molecule is O=S(=O)(c1ccc2ccccc2c1)n1nc(-c2ccc(Cl)cc2)c(Cl)c1-c1ccc(Cl)cc1. The zero-order valence-corrected chi connectivity index (χ0v) is 20.0. The van der Waals surface area contributed by atoms with Crippen molar-refractivity contribution in [2.75, 3.05) is 0 Å². The lowest BCUT2D eigenvalue weighted by molar-refractivity contribution is 0.581. The van der Waals surface area contributed by atoms with E-state index in [1.165, 1.54) is 0 Å². The Hall–Kier alpha value is -2.83. The van der Waals surface area contributed by atoms with Gasteiger partial charge in [0.2, 0.25) is 0 Å². The molecule has 8 heteroatoms. The summed E-state index contributed by atoms with van der Waals surface area (Å²) in [7, 11) is -4.08. The van der Waals surface area contributed by atoms with Crippen molar-refractivity contribution in [3.63, 3.8) is 0 Å². The standard InChI is InChI=1S/C25H15Cl3N2O2S/c26-20-10-5-17(6-11-20)24-23(28)25(18-7-12-21(27)13-8-18)30(29-24)33(31,32)22-14-9-16-3-1-2-4-19(16)15-22/h1-15H. The molecule has 0 saturated heterocycles. The van der Waals surface area contributed by atoms with Crippen LogP contribution in [0.4, 0.5) is 0 Å². The maximum Gasteiger partial charge on any atom is 0.283 e. The molecule has 1 aromatic heterocycles. The number of rotatable bonds is 4. The van der Waals surface area contributed by atoms with Gasteiger partial charge in [-0.2, -0.15) is 17.6 Å². The van der Waals surface area contributed by atoms with Crippen LogP contribution in [0.2, 0.25) is 15.1 Å². The molecular formula is C25H15Cl3N2O2S. The molecule has 0 spiro atoms. The van der Waals surface area contributed by atoms with Crippen LogP contribution in [0.1, 0.15) is 0 Å². The fourth-order valence-corrected chi connectivity index (χ4v) is 5.60. The van der Waals surface area contributed by atoms with Gasteiger partial charge in [0, 0.05) is 21.2 Å². The summed E-state index contributed by atoms with van der Waals surface area (Å²) in [6, 6.07) is 26.2. The van der Waals surface area contributed by atoms with Crippen molar-refractivity contribution < 1.29 is 8.42 Å². The molecule has 0 unspecified atom stereocenters. The highest BCUT2D eigenvalue weighted by Crippen LogP contribution is 2.39. The number of nitrogens with zero attached hydrogens (tertiary/aromatic N) is 2. The molecule has 0 radical (unpaired) electrons. The van der Waals surface area contributed by atoms with Crippen LogP contribution >= 0.6 is 34.8 Å². The lowest BCUT2D eigenvalue weighted by atomic mass is 10.1. The van der Waals surface area contributed by atoms with Gasteiger partial charge in [-0.3, -0.25) is 0 Å². The maximum absolute atomic E-state index is 13.8. The second-order valence-electron chi connectivity index (χ2n) is 7.38. The zero-order chi connectivity index (χ0) is 23.2. The molecule has 4 aromatic carbocycles. The van der Waals surface area contributed by atoms with Crippen molar-refractivity contribution in [1.82, 2.24) is 9.19 Å². The summed E-state index contributed by atoms with van der Waals surface area (Å²) in [5.41, 5.74) is 1.81. The monoisotopic (exact) mass is 512 g/mol. The Bertz CT molecular complexity index is 1590. The second-order valence-corrected chi connectivity index (χ2v) is 10.4. The molecule has 0 aliphatic rings. The number of aromatic nitrogens is 2. The third kappa shape index (κ3) is 4.02. The first kappa shape index (κ1) is 22.0. The van der Waals surface area contributed by atoms with Crippen molar-refractivity contribution in [2.24, 2.45) is 0 Å². The van der Waals surface area contributed by atoms with Gasteiger partial charge in [-0.1, -0.05) is 89.4 Å². The quantitative estimate of drug-likeness (QED) is 0.249. The van der Waals surface area contributed by atoms with Gasteiger partial charge in [0.1, 0.15) is 11.4 Å². The Morgan fingerprint density at radius 1 is 0.667 bits per heavy atom. The largest absolute Gasteiger partial charge is 0.283 e. The van der Waals surface area contributed by atoms with E-state index < -0.39 is 10.0 Å².